The van der Waals surface area contributed by atoms with Gasteiger partial charge in [-0.1, -0.05) is 0 Å². The molecule has 0 radical (unpaired) electrons. The predicted octanol–water partition coefficient (Wildman–Crippen LogP) is 0.435. The summed E-state index contributed by atoms with van der Waals surface area (Å²) in [6, 6.07) is 0. The van der Waals surface area contributed by atoms with E-state index >= 15 is 0 Å². The van der Waals surface area contributed by atoms with Gasteiger partial charge in [-0.2, -0.15) is 4.72 Å². The van der Waals surface area contributed by atoms with E-state index in [1.807, 2.05) is 6.92 Å². The SMILES string of the molecule is CCn1cnc(S(=O)(=O)NC(C)(C(=O)O)C2CC2)c1. The number of aliphatic carboxylic acids is 1. The van der Waals surface area contributed by atoms with Crippen molar-refractivity contribution >= 4 is 16.0 Å². The van der Waals surface area contributed by atoms with Gasteiger partial charge in [0, 0.05) is 12.7 Å². The quantitative estimate of drug-likeness (QED) is 0.790. The second-order valence-corrected chi connectivity index (χ2v) is 6.56. The third-order valence-electron chi connectivity index (χ3n) is 3.43. The molecule has 0 saturated heterocycles. The molecule has 0 aliphatic heterocycles. The summed E-state index contributed by atoms with van der Waals surface area (Å²) in [6.07, 6.45) is 4.23. The Kier molecular flexibility index (Phi) is 3.40. The third kappa shape index (κ3) is 2.64. The summed E-state index contributed by atoms with van der Waals surface area (Å²) in [5, 5.41) is 9.10. The fraction of sp³-hybridized carbons (Fsp3) is 0.636. The van der Waals surface area contributed by atoms with Crippen molar-refractivity contribution in [2.75, 3.05) is 0 Å². The van der Waals surface area contributed by atoms with Crippen molar-refractivity contribution in [3.8, 4) is 0 Å². The summed E-state index contributed by atoms with van der Waals surface area (Å²) in [4.78, 5) is 15.1. The van der Waals surface area contributed by atoms with E-state index in [0.29, 0.717) is 19.4 Å². The molecule has 1 aliphatic carbocycles. The van der Waals surface area contributed by atoms with E-state index in [1.165, 1.54) is 19.4 Å². The first-order valence-electron chi connectivity index (χ1n) is 6.08. The van der Waals surface area contributed by atoms with Gasteiger partial charge in [-0.3, -0.25) is 4.79 Å². The number of nitrogens with one attached hydrogen (secondary N) is 1. The largest absolute Gasteiger partial charge is 0.480 e. The molecule has 1 aliphatic rings. The minimum atomic E-state index is -3.92. The molecule has 0 bridgehead atoms. The van der Waals surface area contributed by atoms with Crippen molar-refractivity contribution in [1.82, 2.24) is 14.3 Å². The summed E-state index contributed by atoms with van der Waals surface area (Å²) in [7, 11) is -3.92. The highest BCUT2D eigenvalue weighted by molar-refractivity contribution is 7.89. The second-order valence-electron chi connectivity index (χ2n) is 4.93. The van der Waals surface area contributed by atoms with Crippen molar-refractivity contribution in [3.63, 3.8) is 0 Å². The van der Waals surface area contributed by atoms with E-state index < -0.39 is 21.5 Å². The third-order valence-corrected chi connectivity index (χ3v) is 4.89. The Morgan fingerprint density at radius 1 is 1.63 bits per heavy atom. The van der Waals surface area contributed by atoms with Gasteiger partial charge in [-0.15, -0.1) is 0 Å². The van der Waals surface area contributed by atoms with Gasteiger partial charge >= 0.3 is 5.97 Å². The molecule has 2 rings (SSSR count). The highest BCUT2D eigenvalue weighted by atomic mass is 32.2. The maximum Gasteiger partial charge on any atom is 0.324 e. The van der Waals surface area contributed by atoms with Gasteiger partial charge in [0.05, 0.1) is 6.33 Å². The van der Waals surface area contributed by atoms with Crippen LogP contribution in [0.5, 0.6) is 0 Å². The maximum atomic E-state index is 12.2. The lowest BCUT2D eigenvalue weighted by Crippen LogP contribution is -2.53. The average molecular weight is 287 g/mol. The normalized spacial score (nSPS) is 19.1. The molecule has 0 amide bonds. The maximum absolute atomic E-state index is 12.2. The van der Waals surface area contributed by atoms with Crippen LogP contribution in [-0.4, -0.2) is 34.6 Å². The number of carboxylic acids is 1. The van der Waals surface area contributed by atoms with Crippen molar-refractivity contribution < 1.29 is 18.3 Å². The van der Waals surface area contributed by atoms with Gasteiger partial charge in [-0.05, 0) is 32.6 Å². The molecule has 0 aromatic carbocycles. The topological polar surface area (TPSA) is 101 Å². The van der Waals surface area contributed by atoms with Gasteiger partial charge in [0.2, 0.25) is 0 Å². The van der Waals surface area contributed by atoms with E-state index in [4.69, 9.17) is 0 Å². The van der Waals surface area contributed by atoms with Crippen molar-refractivity contribution in [1.29, 1.82) is 0 Å². The summed E-state index contributed by atoms with van der Waals surface area (Å²) in [6.45, 7) is 3.86. The number of carboxylic acid groups (broad SMARTS) is 1. The van der Waals surface area contributed by atoms with Crippen LogP contribution in [0, 0.1) is 5.92 Å². The fourth-order valence-electron chi connectivity index (χ4n) is 1.94. The van der Waals surface area contributed by atoms with Gasteiger partial charge in [-0.25, -0.2) is 13.4 Å². The van der Waals surface area contributed by atoms with Gasteiger partial charge in [0.15, 0.2) is 5.03 Å². The van der Waals surface area contributed by atoms with E-state index in [2.05, 4.69) is 9.71 Å². The summed E-state index contributed by atoms with van der Waals surface area (Å²) in [5.41, 5.74) is -1.46. The van der Waals surface area contributed by atoms with Crippen molar-refractivity contribution in [2.45, 2.75) is 43.8 Å². The van der Waals surface area contributed by atoms with Crippen LogP contribution < -0.4 is 4.72 Å². The van der Waals surface area contributed by atoms with E-state index in [1.54, 1.807) is 4.57 Å². The van der Waals surface area contributed by atoms with Crippen LogP contribution >= 0.6 is 0 Å². The molecule has 19 heavy (non-hydrogen) atoms. The zero-order valence-electron chi connectivity index (χ0n) is 10.8. The Hall–Kier alpha value is -1.41. The number of nitrogens with zero attached hydrogens (tertiary/aromatic N) is 2. The molecule has 7 nitrogen and oxygen atoms in total. The molecule has 2 N–H and O–H groups in total. The zero-order chi connectivity index (χ0) is 14.3. The number of aryl methyl sites for hydroxylation is 1. The Morgan fingerprint density at radius 3 is 2.68 bits per heavy atom. The first kappa shape index (κ1) is 14.0. The fourth-order valence-corrected chi connectivity index (χ4v) is 3.32. The summed E-state index contributed by atoms with van der Waals surface area (Å²) in [5.74, 6) is -1.32. The summed E-state index contributed by atoms with van der Waals surface area (Å²) >= 11 is 0. The van der Waals surface area contributed by atoms with Gasteiger partial charge in [0.1, 0.15) is 5.54 Å². The van der Waals surface area contributed by atoms with Crippen LogP contribution in [0.2, 0.25) is 0 Å². The zero-order valence-corrected chi connectivity index (χ0v) is 11.6. The molecule has 1 atom stereocenters. The molecule has 106 valence electrons. The van der Waals surface area contributed by atoms with E-state index in [0.717, 1.165) is 0 Å². The lowest BCUT2D eigenvalue weighted by Gasteiger charge is -2.25. The molecule has 1 heterocycles. The standard InChI is InChI=1S/C11H17N3O4S/c1-3-14-6-9(12-7-14)19(17,18)13-11(2,10(15)16)8-4-5-8/h6-8,13H,3-5H2,1-2H3,(H,15,16). The molecule has 1 aromatic heterocycles. The molecule has 1 aromatic rings. The number of imidazole rings is 1. The van der Waals surface area contributed by atoms with E-state index in [-0.39, 0.29) is 10.9 Å². The van der Waals surface area contributed by atoms with Crippen LogP contribution in [0.4, 0.5) is 0 Å². The number of sulfonamides is 1. The van der Waals surface area contributed by atoms with Crippen LogP contribution in [-0.2, 0) is 21.4 Å². The lowest BCUT2D eigenvalue weighted by atomic mass is 9.98. The minimum Gasteiger partial charge on any atom is -0.480 e. The van der Waals surface area contributed by atoms with Gasteiger partial charge in [0.25, 0.3) is 10.0 Å². The monoisotopic (exact) mass is 287 g/mol. The Morgan fingerprint density at radius 2 is 2.26 bits per heavy atom. The number of rotatable bonds is 6. The predicted molar refractivity (Wildman–Crippen MR) is 67.0 cm³/mol. The highest BCUT2D eigenvalue weighted by Crippen LogP contribution is 2.40. The van der Waals surface area contributed by atoms with Crippen LogP contribution in [0.3, 0.4) is 0 Å². The summed E-state index contributed by atoms with van der Waals surface area (Å²) < 4.78 is 28.2. The number of carbonyl (C=O) groups is 1. The van der Waals surface area contributed by atoms with Crippen molar-refractivity contribution in [2.24, 2.45) is 5.92 Å². The molecular formula is C11H17N3O4S. The average Bonchev–Trinajstić information content (AvgIpc) is 3.06. The van der Waals surface area contributed by atoms with Crippen molar-refractivity contribution in [3.05, 3.63) is 12.5 Å². The smallest absolute Gasteiger partial charge is 0.324 e. The Bertz CT molecular complexity index is 591. The molecule has 1 unspecified atom stereocenters. The number of hydrogen-bond donors (Lipinski definition) is 2. The highest BCUT2D eigenvalue weighted by Gasteiger charge is 2.50. The Labute approximate surface area is 111 Å². The molecule has 1 fully saturated rings. The molecule has 8 heteroatoms. The molecule has 0 spiro atoms. The van der Waals surface area contributed by atoms with Gasteiger partial charge < -0.3 is 9.67 Å². The van der Waals surface area contributed by atoms with Crippen LogP contribution in [0.1, 0.15) is 26.7 Å². The minimum absolute atomic E-state index is 0.150. The van der Waals surface area contributed by atoms with Crippen LogP contribution in [0.25, 0.3) is 0 Å². The molecular weight excluding hydrogens is 270 g/mol. The van der Waals surface area contributed by atoms with E-state index in [9.17, 15) is 18.3 Å². The Balaban J connectivity index is 2.27. The number of hydrogen-bond acceptors (Lipinski definition) is 4. The first-order chi connectivity index (χ1) is 8.79. The lowest BCUT2D eigenvalue weighted by molar-refractivity contribution is -0.144. The second kappa shape index (κ2) is 4.61. The first-order valence-corrected chi connectivity index (χ1v) is 7.57. The molecule has 1 saturated carbocycles. The number of aromatic nitrogens is 2. The van der Waals surface area contributed by atoms with Crippen LogP contribution in [0.15, 0.2) is 17.6 Å².